The second kappa shape index (κ2) is 7.18. The second-order valence-corrected chi connectivity index (χ2v) is 6.65. The second-order valence-electron chi connectivity index (χ2n) is 5.85. The monoisotopic (exact) mass is 360 g/mol. The van der Waals surface area contributed by atoms with Crippen molar-refractivity contribution in [3.63, 3.8) is 0 Å². The maximum absolute atomic E-state index is 13.4. The molecule has 0 aliphatic heterocycles. The van der Waals surface area contributed by atoms with Crippen molar-refractivity contribution in [2.45, 2.75) is 5.03 Å². The average Bonchev–Trinajstić information content (AvgIpc) is 3.09. The predicted octanol–water partition coefficient (Wildman–Crippen LogP) is 6.07. The van der Waals surface area contributed by atoms with E-state index >= 15 is 0 Å². The Bertz CT molecular complexity index is 1010. The van der Waals surface area contributed by atoms with Crippen molar-refractivity contribution in [3.05, 3.63) is 90.7 Å². The summed E-state index contributed by atoms with van der Waals surface area (Å²) in [6.45, 7) is 0. The van der Waals surface area contributed by atoms with Gasteiger partial charge in [0.25, 0.3) is 0 Å². The largest absolute Gasteiger partial charge is 0.226 e. The molecule has 128 valence electrons. The van der Waals surface area contributed by atoms with Crippen LogP contribution in [0.3, 0.4) is 0 Å². The molecule has 0 aliphatic rings. The number of halogens is 1. The molecule has 0 N–H and O–H groups in total. The normalized spacial score (nSPS) is 10.8. The average molecular weight is 360 g/mol. The summed E-state index contributed by atoms with van der Waals surface area (Å²) in [7, 11) is 0. The van der Waals surface area contributed by atoms with Crippen molar-refractivity contribution >= 4 is 11.8 Å². The highest BCUT2D eigenvalue weighted by Gasteiger charge is 2.21. The summed E-state index contributed by atoms with van der Waals surface area (Å²) in [4.78, 5) is 0. The molecule has 3 aromatic carbocycles. The van der Waals surface area contributed by atoms with Gasteiger partial charge in [0, 0.05) is 11.1 Å². The molecule has 1 heterocycles. The third kappa shape index (κ3) is 3.04. The predicted molar refractivity (Wildman–Crippen MR) is 106 cm³/mol. The van der Waals surface area contributed by atoms with Crippen LogP contribution in [0.1, 0.15) is 0 Å². The molecule has 0 atom stereocenters. The van der Waals surface area contributed by atoms with Gasteiger partial charge in [0.15, 0.2) is 0 Å². The minimum Gasteiger partial charge on any atom is -0.226 e. The van der Waals surface area contributed by atoms with Gasteiger partial charge in [0.05, 0.1) is 5.69 Å². The van der Waals surface area contributed by atoms with E-state index in [1.54, 1.807) is 23.9 Å². The number of hydrogen-bond donors (Lipinski definition) is 0. The third-order valence-electron chi connectivity index (χ3n) is 4.22. The molecule has 0 fully saturated rings. The van der Waals surface area contributed by atoms with Crippen LogP contribution >= 0.6 is 11.8 Å². The SMILES string of the molecule is CSc1c(-c2ccccc2)c(-c2ccccc2)nn1-c1ccc(F)cc1. The van der Waals surface area contributed by atoms with E-state index in [1.807, 2.05) is 47.3 Å². The Morgan fingerprint density at radius 3 is 1.92 bits per heavy atom. The molecule has 0 amide bonds. The molecule has 0 spiro atoms. The Morgan fingerprint density at radius 2 is 1.35 bits per heavy atom. The zero-order valence-corrected chi connectivity index (χ0v) is 15.1. The lowest BCUT2D eigenvalue weighted by molar-refractivity contribution is 0.626. The van der Waals surface area contributed by atoms with Crippen molar-refractivity contribution in [1.29, 1.82) is 0 Å². The molecule has 0 saturated heterocycles. The molecule has 0 bridgehead atoms. The van der Waals surface area contributed by atoms with E-state index < -0.39 is 0 Å². The van der Waals surface area contributed by atoms with Crippen LogP contribution in [0, 0.1) is 5.82 Å². The van der Waals surface area contributed by atoms with Crippen LogP contribution in [0.2, 0.25) is 0 Å². The molecule has 4 heteroatoms. The fourth-order valence-electron chi connectivity index (χ4n) is 3.01. The van der Waals surface area contributed by atoms with E-state index in [2.05, 4.69) is 24.3 Å². The van der Waals surface area contributed by atoms with Crippen molar-refractivity contribution in [2.75, 3.05) is 6.26 Å². The highest BCUT2D eigenvalue weighted by molar-refractivity contribution is 7.98. The minimum atomic E-state index is -0.252. The smallest absolute Gasteiger partial charge is 0.123 e. The standard InChI is InChI=1S/C22H17FN2S/c1-26-22-20(16-8-4-2-5-9-16)21(17-10-6-3-7-11-17)24-25(22)19-14-12-18(23)13-15-19/h2-15H,1H3. The molecule has 4 aromatic rings. The van der Waals surface area contributed by atoms with E-state index in [9.17, 15) is 4.39 Å². The number of nitrogens with zero attached hydrogens (tertiary/aromatic N) is 2. The Kier molecular flexibility index (Phi) is 4.59. The molecule has 26 heavy (non-hydrogen) atoms. The first kappa shape index (κ1) is 16.6. The molecule has 2 nitrogen and oxygen atoms in total. The molecule has 0 aliphatic carbocycles. The van der Waals surface area contributed by atoms with Crippen LogP contribution in [0.25, 0.3) is 28.1 Å². The molecule has 4 rings (SSSR count). The zero-order valence-electron chi connectivity index (χ0n) is 14.3. The maximum atomic E-state index is 13.4. The summed E-state index contributed by atoms with van der Waals surface area (Å²) in [6, 6.07) is 26.9. The van der Waals surface area contributed by atoms with Crippen LogP contribution in [-0.2, 0) is 0 Å². The van der Waals surface area contributed by atoms with Gasteiger partial charge < -0.3 is 0 Å². The maximum Gasteiger partial charge on any atom is 0.123 e. The fourth-order valence-corrected chi connectivity index (χ4v) is 3.75. The minimum absolute atomic E-state index is 0.252. The summed E-state index contributed by atoms with van der Waals surface area (Å²) >= 11 is 1.64. The molecular formula is C22H17FN2S. The fraction of sp³-hybridized carbons (Fsp3) is 0.0455. The summed E-state index contributed by atoms with van der Waals surface area (Å²) in [6.07, 6.45) is 2.04. The molecule has 0 unspecified atom stereocenters. The quantitative estimate of drug-likeness (QED) is 0.411. The lowest BCUT2D eigenvalue weighted by Gasteiger charge is -2.07. The van der Waals surface area contributed by atoms with Crippen LogP contribution in [0.4, 0.5) is 4.39 Å². The summed E-state index contributed by atoms with van der Waals surface area (Å²) in [5.74, 6) is -0.252. The number of benzene rings is 3. The summed E-state index contributed by atoms with van der Waals surface area (Å²) in [5.41, 5.74) is 5.03. The van der Waals surface area contributed by atoms with Crippen molar-refractivity contribution < 1.29 is 4.39 Å². The van der Waals surface area contributed by atoms with Gasteiger partial charge >= 0.3 is 0 Å². The molecule has 0 radical (unpaired) electrons. The van der Waals surface area contributed by atoms with Gasteiger partial charge in [-0.3, -0.25) is 0 Å². The van der Waals surface area contributed by atoms with Gasteiger partial charge in [-0.1, -0.05) is 60.7 Å². The van der Waals surface area contributed by atoms with E-state index in [4.69, 9.17) is 5.10 Å². The van der Waals surface area contributed by atoms with E-state index in [-0.39, 0.29) is 5.82 Å². The van der Waals surface area contributed by atoms with Gasteiger partial charge in [-0.2, -0.15) is 5.10 Å². The van der Waals surface area contributed by atoms with Gasteiger partial charge in [-0.15, -0.1) is 11.8 Å². The number of aromatic nitrogens is 2. The lowest BCUT2D eigenvalue weighted by atomic mass is 10.0. The first-order valence-electron chi connectivity index (χ1n) is 8.31. The lowest BCUT2D eigenvalue weighted by Crippen LogP contribution is -1.98. The van der Waals surface area contributed by atoms with E-state index in [0.717, 1.165) is 33.1 Å². The Hall–Kier alpha value is -2.85. The Morgan fingerprint density at radius 1 is 0.769 bits per heavy atom. The Balaban J connectivity index is 2.00. The van der Waals surface area contributed by atoms with Gasteiger partial charge in [-0.05, 0) is 36.1 Å². The first-order chi connectivity index (χ1) is 12.8. The molecule has 0 saturated carbocycles. The highest BCUT2D eigenvalue weighted by atomic mass is 32.2. The van der Waals surface area contributed by atoms with Crippen molar-refractivity contribution in [3.8, 4) is 28.1 Å². The van der Waals surface area contributed by atoms with Gasteiger partial charge in [0.2, 0.25) is 0 Å². The molecule has 1 aromatic heterocycles. The van der Waals surface area contributed by atoms with Gasteiger partial charge in [-0.25, -0.2) is 9.07 Å². The van der Waals surface area contributed by atoms with Crippen LogP contribution < -0.4 is 0 Å². The van der Waals surface area contributed by atoms with Gasteiger partial charge in [0.1, 0.15) is 16.5 Å². The van der Waals surface area contributed by atoms with Crippen LogP contribution in [-0.4, -0.2) is 16.0 Å². The summed E-state index contributed by atoms with van der Waals surface area (Å²) in [5, 5.41) is 5.93. The Labute approximate surface area is 156 Å². The van der Waals surface area contributed by atoms with Crippen molar-refractivity contribution in [2.24, 2.45) is 0 Å². The van der Waals surface area contributed by atoms with Crippen LogP contribution in [0.5, 0.6) is 0 Å². The molecular weight excluding hydrogens is 343 g/mol. The van der Waals surface area contributed by atoms with E-state index in [0.29, 0.717) is 0 Å². The van der Waals surface area contributed by atoms with Crippen molar-refractivity contribution in [1.82, 2.24) is 9.78 Å². The van der Waals surface area contributed by atoms with Crippen LogP contribution in [0.15, 0.2) is 90.0 Å². The highest BCUT2D eigenvalue weighted by Crippen LogP contribution is 2.39. The third-order valence-corrected chi connectivity index (χ3v) is 4.98. The topological polar surface area (TPSA) is 17.8 Å². The zero-order chi connectivity index (χ0) is 17.9. The first-order valence-corrected chi connectivity index (χ1v) is 9.54. The van der Waals surface area contributed by atoms with E-state index in [1.165, 1.54) is 12.1 Å². The number of hydrogen-bond acceptors (Lipinski definition) is 2. The summed E-state index contributed by atoms with van der Waals surface area (Å²) < 4.78 is 15.3. The number of rotatable bonds is 4. The number of thioether (sulfide) groups is 1.